The first-order chi connectivity index (χ1) is 11.4. The van der Waals surface area contributed by atoms with Crippen LogP contribution in [0.5, 0.6) is 11.5 Å². The van der Waals surface area contributed by atoms with Gasteiger partial charge >= 0.3 is 0 Å². The van der Waals surface area contributed by atoms with Gasteiger partial charge in [-0.3, -0.25) is 0 Å². The molecule has 2 heteroatoms. The summed E-state index contributed by atoms with van der Waals surface area (Å²) in [5.41, 5.74) is 4.09. The molecule has 0 fully saturated rings. The smallest absolute Gasteiger partial charge is 0.123 e. The lowest BCUT2D eigenvalue weighted by Crippen LogP contribution is -2.08. The van der Waals surface area contributed by atoms with E-state index >= 15 is 0 Å². The molecule has 1 aromatic carbocycles. The number of hydrogen-bond acceptors (Lipinski definition) is 2. The van der Waals surface area contributed by atoms with Gasteiger partial charge in [-0.1, -0.05) is 56.4 Å². The first-order valence-electron chi connectivity index (χ1n) is 9.31. The van der Waals surface area contributed by atoms with Crippen molar-refractivity contribution < 1.29 is 10.2 Å². The van der Waals surface area contributed by atoms with Crippen LogP contribution in [-0.4, -0.2) is 10.2 Å². The van der Waals surface area contributed by atoms with Crippen LogP contribution in [0.3, 0.4) is 0 Å². The Morgan fingerprint density at radius 2 is 1.75 bits per heavy atom. The molecule has 2 rings (SSSR count). The summed E-state index contributed by atoms with van der Waals surface area (Å²) in [6.07, 6.45) is 10.1. The molecule has 0 saturated carbocycles. The average molecular weight is 328 g/mol. The van der Waals surface area contributed by atoms with E-state index in [1.54, 1.807) is 0 Å². The van der Waals surface area contributed by atoms with E-state index in [2.05, 4.69) is 26.5 Å². The summed E-state index contributed by atoms with van der Waals surface area (Å²) in [7, 11) is 0. The highest BCUT2D eigenvalue weighted by Gasteiger charge is 2.31. The van der Waals surface area contributed by atoms with Gasteiger partial charge in [0.2, 0.25) is 0 Å². The molecule has 0 unspecified atom stereocenters. The van der Waals surface area contributed by atoms with E-state index in [1.807, 2.05) is 19.1 Å². The fraction of sp³-hybridized carbons (Fsp3) is 0.545. The number of rotatable bonds is 8. The molecule has 0 bridgehead atoms. The maximum absolute atomic E-state index is 10.5. The van der Waals surface area contributed by atoms with Gasteiger partial charge in [-0.15, -0.1) is 0 Å². The zero-order valence-electron chi connectivity index (χ0n) is 15.4. The first-order valence-corrected chi connectivity index (χ1v) is 9.31. The van der Waals surface area contributed by atoms with Gasteiger partial charge in [-0.05, 0) is 56.7 Å². The summed E-state index contributed by atoms with van der Waals surface area (Å²) < 4.78 is 0. The quantitative estimate of drug-likeness (QED) is 0.438. The van der Waals surface area contributed by atoms with Crippen molar-refractivity contribution in [3.05, 3.63) is 47.1 Å². The van der Waals surface area contributed by atoms with Gasteiger partial charge < -0.3 is 10.2 Å². The van der Waals surface area contributed by atoms with Gasteiger partial charge in [0, 0.05) is 11.5 Å². The third-order valence-electron chi connectivity index (χ3n) is 5.17. The van der Waals surface area contributed by atoms with E-state index in [0.29, 0.717) is 5.56 Å². The lowest BCUT2D eigenvalue weighted by Gasteiger charge is -2.22. The number of phenols is 2. The van der Waals surface area contributed by atoms with Crippen LogP contribution in [0.4, 0.5) is 0 Å². The SMILES string of the molecule is C=C(C)[C@H]1CC(C)=C[C@@H]1c1c(O)cc(CCCCCCC)cc1O. The molecule has 0 heterocycles. The molecule has 2 N–H and O–H groups in total. The number of phenolic OH excluding ortho intramolecular Hbond substituents is 2. The van der Waals surface area contributed by atoms with Crippen molar-refractivity contribution in [1.82, 2.24) is 0 Å². The summed E-state index contributed by atoms with van der Waals surface area (Å²) in [6.45, 7) is 10.4. The Morgan fingerprint density at radius 3 is 2.33 bits per heavy atom. The van der Waals surface area contributed by atoms with Gasteiger partial charge in [-0.25, -0.2) is 0 Å². The van der Waals surface area contributed by atoms with Crippen molar-refractivity contribution >= 4 is 0 Å². The molecule has 1 aromatic rings. The lowest BCUT2D eigenvalue weighted by molar-refractivity contribution is 0.422. The molecule has 1 aliphatic carbocycles. The van der Waals surface area contributed by atoms with Crippen LogP contribution < -0.4 is 0 Å². The summed E-state index contributed by atoms with van der Waals surface area (Å²) in [5.74, 6) is 0.740. The molecule has 0 aromatic heterocycles. The summed E-state index contributed by atoms with van der Waals surface area (Å²) in [5, 5.41) is 21.1. The Hall–Kier alpha value is -1.70. The highest BCUT2D eigenvalue weighted by molar-refractivity contribution is 5.52. The minimum absolute atomic E-state index is 0.0288. The van der Waals surface area contributed by atoms with Crippen molar-refractivity contribution in [2.75, 3.05) is 0 Å². The Bertz CT molecular complexity index is 589. The Kier molecular flexibility index (Phi) is 6.53. The molecule has 24 heavy (non-hydrogen) atoms. The average Bonchev–Trinajstić information content (AvgIpc) is 2.88. The zero-order valence-corrected chi connectivity index (χ0v) is 15.4. The van der Waals surface area contributed by atoms with Crippen LogP contribution >= 0.6 is 0 Å². The third kappa shape index (κ3) is 4.43. The monoisotopic (exact) mass is 328 g/mol. The van der Waals surface area contributed by atoms with E-state index in [-0.39, 0.29) is 23.3 Å². The molecule has 0 saturated heterocycles. The summed E-state index contributed by atoms with van der Waals surface area (Å²) >= 11 is 0. The lowest BCUT2D eigenvalue weighted by atomic mass is 9.83. The zero-order chi connectivity index (χ0) is 17.7. The normalized spacial score (nSPS) is 20.2. The van der Waals surface area contributed by atoms with Gasteiger partial charge in [0.05, 0.1) is 0 Å². The predicted octanol–water partition coefficient (Wildman–Crippen LogP) is 6.24. The van der Waals surface area contributed by atoms with Gasteiger partial charge in [0.15, 0.2) is 0 Å². The van der Waals surface area contributed by atoms with Crippen molar-refractivity contribution in [3.63, 3.8) is 0 Å². The number of aryl methyl sites for hydroxylation is 1. The largest absolute Gasteiger partial charge is 0.507 e. The standard InChI is InChI=1S/C22H32O2/c1-5-6-7-8-9-10-17-13-20(23)22(21(24)14-17)19-12-16(4)11-18(19)15(2)3/h12-14,18-19,23-24H,2,5-11H2,1,3-4H3/t18-,19+/m1/s1. The number of unbranched alkanes of at least 4 members (excludes halogenated alkanes) is 4. The highest BCUT2D eigenvalue weighted by atomic mass is 16.3. The van der Waals surface area contributed by atoms with E-state index in [1.165, 1.54) is 31.3 Å². The Labute approximate surface area is 146 Å². The molecular formula is C22H32O2. The van der Waals surface area contributed by atoms with Crippen LogP contribution in [0.2, 0.25) is 0 Å². The molecule has 0 radical (unpaired) electrons. The summed E-state index contributed by atoms with van der Waals surface area (Å²) in [4.78, 5) is 0. The second-order valence-electron chi connectivity index (χ2n) is 7.41. The number of allylic oxidation sites excluding steroid dienone is 3. The second kappa shape index (κ2) is 8.41. The predicted molar refractivity (Wildman–Crippen MR) is 102 cm³/mol. The van der Waals surface area contributed by atoms with E-state index in [9.17, 15) is 10.2 Å². The van der Waals surface area contributed by atoms with E-state index in [4.69, 9.17) is 0 Å². The highest BCUT2D eigenvalue weighted by Crippen LogP contribution is 2.47. The van der Waals surface area contributed by atoms with Crippen LogP contribution in [0.25, 0.3) is 0 Å². The fourth-order valence-corrected chi connectivity index (χ4v) is 3.83. The minimum Gasteiger partial charge on any atom is -0.507 e. The summed E-state index contributed by atoms with van der Waals surface area (Å²) in [6, 6.07) is 3.68. The third-order valence-corrected chi connectivity index (χ3v) is 5.17. The number of hydrogen-bond donors (Lipinski definition) is 2. The van der Waals surface area contributed by atoms with Gasteiger partial charge in [-0.2, -0.15) is 0 Å². The molecular weight excluding hydrogens is 296 g/mol. The molecule has 2 atom stereocenters. The van der Waals surface area contributed by atoms with E-state index in [0.717, 1.165) is 30.4 Å². The second-order valence-corrected chi connectivity index (χ2v) is 7.41. The Morgan fingerprint density at radius 1 is 1.12 bits per heavy atom. The van der Waals surface area contributed by atoms with Crippen LogP contribution in [-0.2, 0) is 6.42 Å². The topological polar surface area (TPSA) is 40.5 Å². The van der Waals surface area contributed by atoms with Crippen molar-refractivity contribution in [3.8, 4) is 11.5 Å². The molecule has 0 spiro atoms. The molecule has 0 amide bonds. The van der Waals surface area contributed by atoms with Gasteiger partial charge in [0.1, 0.15) is 11.5 Å². The molecule has 2 nitrogen and oxygen atoms in total. The van der Waals surface area contributed by atoms with E-state index < -0.39 is 0 Å². The van der Waals surface area contributed by atoms with Crippen molar-refractivity contribution in [2.45, 2.75) is 71.6 Å². The van der Waals surface area contributed by atoms with Gasteiger partial charge in [0.25, 0.3) is 0 Å². The molecule has 132 valence electrons. The minimum atomic E-state index is 0.0288. The maximum atomic E-state index is 10.5. The molecule has 0 aliphatic heterocycles. The molecule has 1 aliphatic rings. The van der Waals surface area contributed by atoms with Crippen molar-refractivity contribution in [1.29, 1.82) is 0 Å². The first kappa shape index (κ1) is 18.6. The van der Waals surface area contributed by atoms with Crippen LogP contribution in [0.15, 0.2) is 35.9 Å². The fourth-order valence-electron chi connectivity index (χ4n) is 3.83. The van der Waals surface area contributed by atoms with Crippen molar-refractivity contribution in [2.24, 2.45) is 5.92 Å². The maximum Gasteiger partial charge on any atom is 0.123 e. The number of benzene rings is 1. The van der Waals surface area contributed by atoms with Crippen LogP contribution in [0, 0.1) is 5.92 Å². The Balaban J connectivity index is 2.13. The number of aromatic hydroxyl groups is 2. The van der Waals surface area contributed by atoms with Crippen LogP contribution in [0.1, 0.15) is 76.3 Å².